The average molecular weight is 281 g/mol. The Morgan fingerprint density at radius 2 is 2.21 bits per heavy atom. The molecule has 0 radical (unpaired) electrons. The van der Waals surface area contributed by atoms with Crippen molar-refractivity contribution in [3.05, 3.63) is 23.9 Å². The number of carboxylic acids is 1. The topological polar surface area (TPSA) is 73.7 Å². The molecule has 2 rings (SSSR count). The number of carbonyl (C=O) groups is 2. The van der Waals surface area contributed by atoms with Gasteiger partial charge in [-0.25, -0.2) is 9.78 Å². The molecule has 6 nitrogen and oxygen atoms in total. The molecule has 1 N–H and O–H groups in total. The molecular weight excluding hydrogens is 266 g/mol. The lowest BCUT2D eigenvalue weighted by Crippen LogP contribution is -2.41. The molecule has 2 heterocycles. The number of aromatic nitrogens is 1. The average Bonchev–Trinajstić information content (AvgIpc) is 2.87. The van der Waals surface area contributed by atoms with Crippen molar-refractivity contribution in [2.45, 2.75) is 6.04 Å². The Kier molecular flexibility index (Phi) is 3.94. The van der Waals surface area contributed by atoms with Crippen LogP contribution in [0.4, 0.5) is 5.82 Å². The van der Waals surface area contributed by atoms with Crippen LogP contribution in [-0.2, 0) is 4.79 Å². The van der Waals surface area contributed by atoms with Crippen LogP contribution in [-0.4, -0.2) is 58.6 Å². The van der Waals surface area contributed by atoms with Crippen LogP contribution in [0.25, 0.3) is 0 Å². The van der Waals surface area contributed by atoms with E-state index in [0.29, 0.717) is 17.2 Å². The van der Waals surface area contributed by atoms with Gasteiger partial charge in [-0.3, -0.25) is 4.79 Å². The Labute approximate surface area is 115 Å². The normalized spacial score (nSPS) is 18.4. The zero-order chi connectivity index (χ0) is 14.0. The Hall–Kier alpha value is -1.76. The van der Waals surface area contributed by atoms with Crippen molar-refractivity contribution in [2.24, 2.45) is 0 Å². The molecule has 102 valence electrons. The van der Waals surface area contributed by atoms with Gasteiger partial charge in [-0.1, -0.05) is 0 Å². The van der Waals surface area contributed by atoms with Crippen molar-refractivity contribution in [1.29, 1.82) is 0 Å². The fourth-order valence-electron chi connectivity index (χ4n) is 1.79. The smallest absolute Gasteiger partial charge is 0.327 e. The van der Waals surface area contributed by atoms with Gasteiger partial charge in [-0.2, -0.15) is 0 Å². The van der Waals surface area contributed by atoms with Crippen molar-refractivity contribution in [3.63, 3.8) is 0 Å². The number of rotatable bonds is 3. The molecule has 0 saturated carbocycles. The summed E-state index contributed by atoms with van der Waals surface area (Å²) >= 11 is 1.45. The summed E-state index contributed by atoms with van der Waals surface area (Å²) in [6.07, 6.45) is 1.49. The Morgan fingerprint density at radius 1 is 1.47 bits per heavy atom. The maximum absolute atomic E-state index is 12.2. The molecule has 0 spiro atoms. The molecule has 1 saturated heterocycles. The zero-order valence-electron chi connectivity index (χ0n) is 10.7. The Bertz CT molecular complexity index is 489. The van der Waals surface area contributed by atoms with E-state index in [9.17, 15) is 9.59 Å². The van der Waals surface area contributed by atoms with Gasteiger partial charge in [0.1, 0.15) is 11.9 Å². The van der Waals surface area contributed by atoms with Gasteiger partial charge in [0, 0.05) is 26.0 Å². The number of hydrogen-bond acceptors (Lipinski definition) is 5. The second-order valence-corrected chi connectivity index (χ2v) is 5.43. The van der Waals surface area contributed by atoms with E-state index in [1.54, 1.807) is 12.1 Å². The van der Waals surface area contributed by atoms with E-state index in [2.05, 4.69) is 4.98 Å². The number of anilines is 1. The molecule has 19 heavy (non-hydrogen) atoms. The van der Waals surface area contributed by atoms with E-state index in [1.165, 1.54) is 22.9 Å². The number of carbonyl (C=O) groups excluding carboxylic acids is 1. The van der Waals surface area contributed by atoms with Crippen molar-refractivity contribution < 1.29 is 14.7 Å². The van der Waals surface area contributed by atoms with Crippen LogP contribution < -0.4 is 4.90 Å². The fourth-order valence-corrected chi connectivity index (χ4v) is 2.94. The standard InChI is InChI=1S/C12H15N3O3S/c1-14(2)10-4-3-8(5-13-10)11(16)15-7-19-6-9(15)12(17)18/h3-5,9H,6-7H2,1-2H3,(H,17,18). The highest BCUT2D eigenvalue weighted by molar-refractivity contribution is 7.99. The van der Waals surface area contributed by atoms with Gasteiger partial charge < -0.3 is 14.9 Å². The number of amides is 1. The second-order valence-electron chi connectivity index (χ2n) is 4.43. The number of aliphatic carboxylic acids is 1. The summed E-state index contributed by atoms with van der Waals surface area (Å²) in [5.74, 6) is 0.351. The van der Waals surface area contributed by atoms with E-state index in [4.69, 9.17) is 5.11 Å². The summed E-state index contributed by atoms with van der Waals surface area (Å²) in [6.45, 7) is 0. The molecule has 1 atom stereocenters. The van der Waals surface area contributed by atoms with E-state index >= 15 is 0 Å². The number of pyridine rings is 1. The van der Waals surface area contributed by atoms with Crippen LogP contribution in [0.5, 0.6) is 0 Å². The van der Waals surface area contributed by atoms with Crippen molar-refractivity contribution in [1.82, 2.24) is 9.88 Å². The van der Waals surface area contributed by atoms with Crippen molar-refractivity contribution >= 4 is 29.5 Å². The highest BCUT2D eigenvalue weighted by atomic mass is 32.2. The summed E-state index contributed by atoms with van der Waals surface area (Å²) in [4.78, 5) is 30.7. The molecule has 1 aliphatic rings. The van der Waals surface area contributed by atoms with Crippen LogP contribution in [0, 0.1) is 0 Å². The molecule has 1 aromatic heterocycles. The fraction of sp³-hybridized carbons (Fsp3) is 0.417. The van der Waals surface area contributed by atoms with Gasteiger partial charge in [0.15, 0.2) is 0 Å². The third kappa shape index (κ3) is 2.81. The van der Waals surface area contributed by atoms with Crippen molar-refractivity contribution in [3.8, 4) is 0 Å². The quantitative estimate of drug-likeness (QED) is 0.881. The predicted octanol–water partition coefficient (Wildman–Crippen LogP) is 0.747. The first kappa shape index (κ1) is 13.7. The second kappa shape index (κ2) is 5.48. The largest absolute Gasteiger partial charge is 0.480 e. The van der Waals surface area contributed by atoms with Gasteiger partial charge in [-0.05, 0) is 12.1 Å². The van der Waals surface area contributed by atoms with Gasteiger partial charge in [0.05, 0.1) is 11.4 Å². The molecule has 7 heteroatoms. The monoisotopic (exact) mass is 281 g/mol. The maximum Gasteiger partial charge on any atom is 0.327 e. The van der Waals surface area contributed by atoms with Gasteiger partial charge in [0.2, 0.25) is 0 Å². The molecule has 1 amide bonds. The lowest BCUT2D eigenvalue weighted by atomic mass is 10.2. The summed E-state index contributed by atoms with van der Waals surface area (Å²) in [5, 5.41) is 9.07. The van der Waals surface area contributed by atoms with E-state index in [-0.39, 0.29) is 5.91 Å². The van der Waals surface area contributed by atoms with E-state index in [1.807, 2.05) is 19.0 Å². The zero-order valence-corrected chi connectivity index (χ0v) is 11.6. The first-order chi connectivity index (χ1) is 9.00. The van der Waals surface area contributed by atoms with Gasteiger partial charge >= 0.3 is 5.97 Å². The van der Waals surface area contributed by atoms with Crippen LogP contribution >= 0.6 is 11.8 Å². The van der Waals surface area contributed by atoms with Crippen LogP contribution in [0.1, 0.15) is 10.4 Å². The molecule has 1 aromatic rings. The molecule has 1 unspecified atom stereocenters. The molecule has 1 aliphatic heterocycles. The molecule has 0 aliphatic carbocycles. The van der Waals surface area contributed by atoms with Crippen LogP contribution in [0.3, 0.4) is 0 Å². The Balaban J connectivity index is 2.17. The van der Waals surface area contributed by atoms with Crippen molar-refractivity contribution in [2.75, 3.05) is 30.6 Å². The lowest BCUT2D eigenvalue weighted by molar-refractivity contribution is -0.140. The molecule has 1 fully saturated rings. The summed E-state index contributed by atoms with van der Waals surface area (Å²) in [5.41, 5.74) is 0.416. The SMILES string of the molecule is CN(C)c1ccc(C(=O)N2CSCC2C(=O)O)cn1. The Morgan fingerprint density at radius 3 is 2.74 bits per heavy atom. The summed E-state index contributed by atoms with van der Waals surface area (Å²) in [7, 11) is 3.72. The summed E-state index contributed by atoms with van der Waals surface area (Å²) in [6, 6.07) is 2.67. The minimum Gasteiger partial charge on any atom is -0.480 e. The van der Waals surface area contributed by atoms with Crippen LogP contribution in [0.15, 0.2) is 18.3 Å². The molecule has 0 aromatic carbocycles. The minimum atomic E-state index is -0.962. The first-order valence-corrected chi connectivity index (χ1v) is 6.91. The first-order valence-electron chi connectivity index (χ1n) is 5.75. The number of carboxylic acid groups (broad SMARTS) is 1. The van der Waals surface area contributed by atoms with E-state index < -0.39 is 12.0 Å². The van der Waals surface area contributed by atoms with Gasteiger partial charge in [0.25, 0.3) is 5.91 Å². The minimum absolute atomic E-state index is 0.282. The highest BCUT2D eigenvalue weighted by Crippen LogP contribution is 2.23. The lowest BCUT2D eigenvalue weighted by Gasteiger charge is -2.20. The predicted molar refractivity (Wildman–Crippen MR) is 73.5 cm³/mol. The summed E-state index contributed by atoms with van der Waals surface area (Å²) < 4.78 is 0. The molecular formula is C12H15N3O3S. The number of nitrogens with zero attached hydrogens (tertiary/aromatic N) is 3. The number of thioether (sulfide) groups is 1. The maximum atomic E-state index is 12.2. The molecule has 0 bridgehead atoms. The highest BCUT2D eigenvalue weighted by Gasteiger charge is 2.35. The van der Waals surface area contributed by atoms with Crippen LogP contribution in [0.2, 0.25) is 0 Å². The van der Waals surface area contributed by atoms with E-state index in [0.717, 1.165) is 5.82 Å². The van der Waals surface area contributed by atoms with Gasteiger partial charge in [-0.15, -0.1) is 11.8 Å². The third-order valence-electron chi connectivity index (χ3n) is 2.88. The number of hydrogen-bond donors (Lipinski definition) is 1. The third-order valence-corrected chi connectivity index (χ3v) is 3.89.